The summed E-state index contributed by atoms with van der Waals surface area (Å²) in [5.74, 6) is -1.34. The maximum Gasteiger partial charge on any atom is 0.347 e. The average Bonchev–Trinajstić information content (AvgIpc) is 2.55. The Labute approximate surface area is 142 Å². The lowest BCUT2D eigenvalue weighted by Gasteiger charge is -2.27. The van der Waals surface area contributed by atoms with Crippen molar-refractivity contribution in [1.82, 2.24) is 0 Å². The van der Waals surface area contributed by atoms with E-state index in [1.54, 1.807) is 18.2 Å². The van der Waals surface area contributed by atoms with Gasteiger partial charge in [0.1, 0.15) is 18.3 Å². The van der Waals surface area contributed by atoms with Gasteiger partial charge in [-0.15, -0.1) is 0 Å². The van der Waals surface area contributed by atoms with Crippen molar-refractivity contribution < 1.29 is 29.3 Å². The molecule has 24 heavy (non-hydrogen) atoms. The molecule has 0 aromatic rings. The van der Waals surface area contributed by atoms with Crippen LogP contribution in [0.25, 0.3) is 0 Å². The number of carbonyl (C=O) groups excluding carboxylic acids is 2. The number of esters is 2. The van der Waals surface area contributed by atoms with E-state index >= 15 is 0 Å². The summed E-state index contributed by atoms with van der Waals surface area (Å²) in [7, 11) is 0. The van der Waals surface area contributed by atoms with Crippen LogP contribution < -0.4 is 0 Å². The first-order valence-electron chi connectivity index (χ1n) is 8.22. The zero-order chi connectivity index (χ0) is 17.9. The molecule has 2 N–H and O–H groups in total. The number of carbonyl (C=O) groups is 2. The first kappa shape index (κ1) is 20.1. The molecule has 6 nitrogen and oxygen atoms in total. The highest BCUT2D eigenvalue weighted by Gasteiger charge is 2.32. The largest absolute Gasteiger partial charge is 0.457 e. The zero-order valence-electron chi connectivity index (χ0n) is 14.1. The highest BCUT2D eigenvalue weighted by molar-refractivity contribution is 5.85. The Balaban J connectivity index is 2.84. The second-order valence-electron chi connectivity index (χ2n) is 5.56. The fraction of sp³-hybridized carbons (Fsp3) is 0.556. The summed E-state index contributed by atoms with van der Waals surface area (Å²) < 4.78 is 10.4. The summed E-state index contributed by atoms with van der Waals surface area (Å²) in [6.45, 7) is 3.69. The molecule has 4 atom stereocenters. The van der Waals surface area contributed by atoms with Crippen LogP contribution in [0, 0.1) is 0 Å². The molecule has 6 heteroatoms. The Morgan fingerprint density at radius 1 is 1.42 bits per heavy atom. The van der Waals surface area contributed by atoms with Gasteiger partial charge in [0, 0.05) is 6.08 Å². The molecule has 0 amide bonds. The van der Waals surface area contributed by atoms with Crippen LogP contribution >= 0.6 is 0 Å². The van der Waals surface area contributed by atoms with E-state index in [9.17, 15) is 19.8 Å². The Morgan fingerprint density at radius 3 is 2.83 bits per heavy atom. The molecule has 1 heterocycles. The van der Waals surface area contributed by atoms with Crippen LogP contribution in [-0.2, 0) is 19.1 Å². The molecule has 0 saturated heterocycles. The summed E-state index contributed by atoms with van der Waals surface area (Å²) in [6.07, 6.45) is 6.83. The maximum absolute atomic E-state index is 12.3. The van der Waals surface area contributed by atoms with Gasteiger partial charge in [0.2, 0.25) is 0 Å². The molecular formula is C18H26O6. The van der Waals surface area contributed by atoms with Crippen molar-refractivity contribution in [2.45, 2.75) is 63.9 Å². The van der Waals surface area contributed by atoms with Crippen molar-refractivity contribution in [3.8, 4) is 0 Å². The minimum absolute atomic E-state index is 0.250. The van der Waals surface area contributed by atoms with Crippen LogP contribution in [0.3, 0.4) is 0 Å². The van der Waals surface area contributed by atoms with Gasteiger partial charge in [0.25, 0.3) is 0 Å². The van der Waals surface area contributed by atoms with Crippen molar-refractivity contribution in [2.24, 2.45) is 0 Å². The van der Waals surface area contributed by atoms with Crippen LogP contribution in [0.2, 0.25) is 0 Å². The van der Waals surface area contributed by atoms with Crippen LogP contribution in [0.1, 0.15) is 39.5 Å². The molecule has 0 aromatic carbocycles. The van der Waals surface area contributed by atoms with Crippen molar-refractivity contribution >= 4 is 11.9 Å². The molecule has 1 aliphatic heterocycles. The molecule has 0 unspecified atom stereocenters. The maximum atomic E-state index is 12.3. The number of cyclic esters (lactones) is 1. The zero-order valence-corrected chi connectivity index (χ0v) is 14.1. The van der Waals surface area contributed by atoms with Crippen LogP contribution in [0.4, 0.5) is 0 Å². The summed E-state index contributed by atoms with van der Waals surface area (Å²) in [5, 5.41) is 20.0. The molecular weight excluding hydrogens is 312 g/mol. The second kappa shape index (κ2) is 10.8. The SMILES string of the molecule is C/C=C/C=C/C(=O)O[C@H]1CC/C=C/[C@@H](O)[C@H](O)[C@H](CCC)OC1=O. The molecule has 0 aliphatic carbocycles. The smallest absolute Gasteiger partial charge is 0.347 e. The molecule has 134 valence electrons. The number of hydrogen-bond acceptors (Lipinski definition) is 6. The normalized spacial score (nSPS) is 30.2. The minimum atomic E-state index is -1.21. The third-order valence-electron chi connectivity index (χ3n) is 3.56. The number of hydrogen-bond donors (Lipinski definition) is 2. The topological polar surface area (TPSA) is 93.1 Å². The lowest BCUT2D eigenvalue weighted by Crippen LogP contribution is -2.42. The van der Waals surface area contributed by atoms with E-state index in [-0.39, 0.29) is 6.42 Å². The first-order chi connectivity index (χ1) is 11.5. The van der Waals surface area contributed by atoms with Gasteiger partial charge in [0.15, 0.2) is 6.10 Å². The van der Waals surface area contributed by atoms with E-state index in [1.165, 1.54) is 18.2 Å². The number of ether oxygens (including phenoxy) is 2. The van der Waals surface area contributed by atoms with Crippen LogP contribution in [0.15, 0.2) is 36.5 Å². The quantitative estimate of drug-likeness (QED) is 0.344. The average molecular weight is 338 g/mol. The van der Waals surface area contributed by atoms with Gasteiger partial charge >= 0.3 is 11.9 Å². The number of allylic oxidation sites excluding steroid dienone is 4. The van der Waals surface area contributed by atoms with E-state index in [0.717, 1.165) is 0 Å². The molecule has 0 aromatic heterocycles. The van der Waals surface area contributed by atoms with Crippen molar-refractivity contribution in [3.05, 3.63) is 36.5 Å². The van der Waals surface area contributed by atoms with Crippen molar-refractivity contribution in [1.29, 1.82) is 0 Å². The second-order valence-corrected chi connectivity index (χ2v) is 5.56. The lowest BCUT2D eigenvalue weighted by molar-refractivity contribution is -0.176. The molecule has 1 rings (SSSR count). The third-order valence-corrected chi connectivity index (χ3v) is 3.56. The highest BCUT2D eigenvalue weighted by atomic mass is 16.6. The monoisotopic (exact) mass is 338 g/mol. The third kappa shape index (κ3) is 6.68. The van der Waals surface area contributed by atoms with Crippen molar-refractivity contribution in [3.63, 3.8) is 0 Å². The number of aliphatic hydroxyl groups excluding tert-OH is 2. The number of rotatable bonds is 5. The van der Waals surface area contributed by atoms with E-state index in [4.69, 9.17) is 9.47 Å². The summed E-state index contributed by atoms with van der Waals surface area (Å²) in [4.78, 5) is 24.0. The standard InChI is InChI=1S/C18H26O6/c1-3-5-6-12-16(20)23-15-11-8-7-10-13(19)17(21)14(9-4-2)24-18(15)22/h3,5-7,10,12-15,17,19,21H,4,8-9,11H2,1-2H3/b5-3+,10-7+,12-6+/t13-,14+,15+,17+/m1/s1. The van der Waals surface area contributed by atoms with Gasteiger partial charge in [-0.25, -0.2) is 9.59 Å². The minimum Gasteiger partial charge on any atom is -0.457 e. The lowest BCUT2D eigenvalue weighted by atomic mass is 10.0. The van der Waals surface area contributed by atoms with E-state index in [1.807, 2.05) is 13.8 Å². The number of aliphatic hydroxyl groups is 2. The van der Waals surface area contributed by atoms with Gasteiger partial charge in [-0.3, -0.25) is 0 Å². The van der Waals surface area contributed by atoms with Gasteiger partial charge in [-0.2, -0.15) is 0 Å². The predicted octanol–water partition coefficient (Wildman–Crippen LogP) is 1.81. The Hall–Kier alpha value is -1.92. The van der Waals surface area contributed by atoms with Gasteiger partial charge in [-0.05, 0) is 26.2 Å². The fourth-order valence-electron chi connectivity index (χ4n) is 2.28. The summed E-state index contributed by atoms with van der Waals surface area (Å²) in [6, 6.07) is 0. The van der Waals surface area contributed by atoms with E-state index < -0.39 is 36.4 Å². The van der Waals surface area contributed by atoms with Gasteiger partial charge in [-0.1, -0.05) is 43.7 Å². The molecule has 1 aliphatic rings. The Bertz CT molecular complexity index is 494. The van der Waals surface area contributed by atoms with Gasteiger partial charge < -0.3 is 19.7 Å². The summed E-state index contributed by atoms with van der Waals surface area (Å²) in [5.41, 5.74) is 0. The highest BCUT2D eigenvalue weighted by Crippen LogP contribution is 2.17. The Kier molecular flexibility index (Phi) is 9.04. The fourth-order valence-corrected chi connectivity index (χ4v) is 2.28. The Morgan fingerprint density at radius 2 is 2.17 bits per heavy atom. The van der Waals surface area contributed by atoms with Crippen molar-refractivity contribution in [2.75, 3.05) is 0 Å². The molecule has 0 fully saturated rings. The molecule has 0 spiro atoms. The summed E-state index contributed by atoms with van der Waals surface area (Å²) >= 11 is 0. The predicted molar refractivity (Wildman–Crippen MR) is 89.0 cm³/mol. The molecule has 0 saturated carbocycles. The van der Waals surface area contributed by atoms with Crippen LogP contribution in [0.5, 0.6) is 0 Å². The molecule has 0 radical (unpaired) electrons. The van der Waals surface area contributed by atoms with Gasteiger partial charge in [0.05, 0.1) is 0 Å². The first-order valence-corrected chi connectivity index (χ1v) is 8.22. The van der Waals surface area contributed by atoms with Crippen LogP contribution in [-0.4, -0.2) is 46.6 Å². The molecule has 0 bridgehead atoms. The van der Waals surface area contributed by atoms with E-state index in [0.29, 0.717) is 19.3 Å². The van der Waals surface area contributed by atoms with E-state index in [2.05, 4.69) is 0 Å².